The molecule has 2 saturated heterocycles. The third-order valence-electron chi connectivity index (χ3n) is 3.49. The molecule has 0 aromatic carbocycles. The summed E-state index contributed by atoms with van der Waals surface area (Å²) in [5.41, 5.74) is 0. The molecule has 2 heterocycles. The van der Waals surface area contributed by atoms with Crippen LogP contribution in [-0.2, 0) is 4.79 Å². The Kier molecular flexibility index (Phi) is 4.15. The van der Waals surface area contributed by atoms with Gasteiger partial charge in [0.2, 0.25) is 5.91 Å². The maximum Gasteiger partial charge on any atom is 0.233 e. The predicted octanol–water partition coefficient (Wildman–Crippen LogP) is -1.24. The molecule has 0 radical (unpaired) electrons. The SMILES string of the molecule is CNC(=O)CN1CCC(NC2CNC2)CC1. The minimum atomic E-state index is 0.120. The number of likely N-dealkylation sites (tertiary alicyclic amines) is 1. The highest BCUT2D eigenvalue weighted by Gasteiger charge is 2.24. The second-order valence-electron chi connectivity index (χ2n) is 4.75. The molecule has 0 unspecified atom stereocenters. The first-order valence-electron chi connectivity index (χ1n) is 6.17. The first-order chi connectivity index (χ1) is 7.78. The highest BCUT2D eigenvalue weighted by atomic mass is 16.1. The Balaban J connectivity index is 1.63. The van der Waals surface area contributed by atoms with Crippen LogP contribution in [-0.4, -0.2) is 62.7 Å². The highest BCUT2D eigenvalue weighted by Crippen LogP contribution is 2.11. The number of nitrogens with zero attached hydrogens (tertiary/aromatic N) is 1. The first kappa shape index (κ1) is 11.8. The molecule has 2 aliphatic heterocycles. The quantitative estimate of drug-likeness (QED) is 0.561. The van der Waals surface area contributed by atoms with Crippen molar-refractivity contribution < 1.29 is 4.79 Å². The fourth-order valence-electron chi connectivity index (χ4n) is 2.28. The van der Waals surface area contributed by atoms with Crippen molar-refractivity contribution in [3.63, 3.8) is 0 Å². The zero-order valence-electron chi connectivity index (χ0n) is 9.96. The number of hydrogen-bond acceptors (Lipinski definition) is 4. The van der Waals surface area contributed by atoms with Crippen LogP contribution < -0.4 is 16.0 Å². The number of piperidine rings is 1. The molecule has 0 aromatic heterocycles. The smallest absolute Gasteiger partial charge is 0.233 e. The lowest BCUT2D eigenvalue weighted by Crippen LogP contribution is -2.59. The van der Waals surface area contributed by atoms with E-state index in [1.54, 1.807) is 7.05 Å². The Morgan fingerprint density at radius 3 is 2.50 bits per heavy atom. The van der Waals surface area contributed by atoms with Gasteiger partial charge >= 0.3 is 0 Å². The third-order valence-corrected chi connectivity index (χ3v) is 3.49. The number of nitrogens with one attached hydrogen (secondary N) is 3. The fraction of sp³-hybridized carbons (Fsp3) is 0.909. The van der Waals surface area contributed by atoms with Crippen LogP contribution in [0.4, 0.5) is 0 Å². The van der Waals surface area contributed by atoms with E-state index in [4.69, 9.17) is 0 Å². The second kappa shape index (κ2) is 5.61. The van der Waals surface area contributed by atoms with Crippen molar-refractivity contribution >= 4 is 5.91 Å². The van der Waals surface area contributed by atoms with Gasteiger partial charge < -0.3 is 16.0 Å². The maximum atomic E-state index is 11.2. The Morgan fingerprint density at radius 2 is 2.00 bits per heavy atom. The van der Waals surface area contributed by atoms with Gasteiger partial charge in [0.15, 0.2) is 0 Å². The summed E-state index contributed by atoms with van der Waals surface area (Å²) in [4.78, 5) is 13.5. The molecule has 2 rings (SSSR count). The topological polar surface area (TPSA) is 56.4 Å². The summed E-state index contributed by atoms with van der Waals surface area (Å²) in [6.07, 6.45) is 2.32. The van der Waals surface area contributed by atoms with Crippen molar-refractivity contribution in [3.8, 4) is 0 Å². The molecule has 5 nitrogen and oxygen atoms in total. The van der Waals surface area contributed by atoms with Crippen LogP contribution in [0.15, 0.2) is 0 Å². The molecule has 92 valence electrons. The van der Waals surface area contributed by atoms with E-state index >= 15 is 0 Å². The van der Waals surface area contributed by atoms with Crippen LogP contribution in [0.5, 0.6) is 0 Å². The van der Waals surface area contributed by atoms with Gasteiger partial charge in [0.1, 0.15) is 0 Å². The van der Waals surface area contributed by atoms with E-state index in [0.717, 1.165) is 39.0 Å². The third kappa shape index (κ3) is 3.17. The standard InChI is InChI=1S/C11H22N4O/c1-12-11(16)8-15-4-2-9(3-5-15)14-10-6-13-7-10/h9-10,13-14H,2-8H2,1H3,(H,12,16). The van der Waals surface area contributed by atoms with Gasteiger partial charge in [-0.05, 0) is 12.8 Å². The monoisotopic (exact) mass is 226 g/mol. The lowest BCUT2D eigenvalue weighted by atomic mass is 10.0. The molecule has 0 aliphatic carbocycles. The molecular formula is C11H22N4O. The number of likely N-dealkylation sites (N-methyl/N-ethyl adjacent to an activating group) is 1. The molecular weight excluding hydrogens is 204 g/mol. The predicted molar refractivity (Wildman–Crippen MR) is 63.3 cm³/mol. The van der Waals surface area contributed by atoms with E-state index in [2.05, 4.69) is 20.9 Å². The van der Waals surface area contributed by atoms with E-state index in [1.807, 2.05) is 0 Å². The largest absolute Gasteiger partial charge is 0.358 e. The number of carbonyl (C=O) groups excluding carboxylic acids is 1. The summed E-state index contributed by atoms with van der Waals surface area (Å²) < 4.78 is 0. The lowest BCUT2D eigenvalue weighted by molar-refractivity contribution is -0.122. The van der Waals surface area contributed by atoms with Gasteiger partial charge in [-0.25, -0.2) is 0 Å². The van der Waals surface area contributed by atoms with E-state index in [-0.39, 0.29) is 5.91 Å². The Morgan fingerprint density at radius 1 is 1.31 bits per heavy atom. The fourth-order valence-corrected chi connectivity index (χ4v) is 2.28. The summed E-state index contributed by atoms with van der Waals surface area (Å²) in [5.74, 6) is 0.120. The Hall–Kier alpha value is -0.650. The highest BCUT2D eigenvalue weighted by molar-refractivity contribution is 5.77. The molecule has 2 aliphatic rings. The molecule has 0 aromatic rings. The van der Waals surface area contributed by atoms with Gasteiger partial charge in [0.25, 0.3) is 0 Å². The molecule has 0 bridgehead atoms. The van der Waals surface area contributed by atoms with Crippen molar-refractivity contribution in [2.45, 2.75) is 24.9 Å². The molecule has 0 spiro atoms. The average Bonchev–Trinajstić information content (AvgIpc) is 2.25. The number of hydrogen-bond donors (Lipinski definition) is 3. The lowest BCUT2D eigenvalue weighted by Gasteiger charge is -2.37. The zero-order valence-corrected chi connectivity index (χ0v) is 9.96. The van der Waals surface area contributed by atoms with E-state index < -0.39 is 0 Å². The second-order valence-corrected chi connectivity index (χ2v) is 4.75. The summed E-state index contributed by atoms with van der Waals surface area (Å²) in [6, 6.07) is 1.32. The van der Waals surface area contributed by atoms with E-state index in [1.165, 1.54) is 0 Å². The molecule has 1 amide bonds. The summed E-state index contributed by atoms with van der Waals surface area (Å²) in [7, 11) is 1.69. The molecule has 2 fully saturated rings. The van der Waals surface area contributed by atoms with Crippen LogP contribution in [0.3, 0.4) is 0 Å². The number of rotatable bonds is 4. The minimum Gasteiger partial charge on any atom is -0.358 e. The van der Waals surface area contributed by atoms with Crippen molar-refractivity contribution in [3.05, 3.63) is 0 Å². The molecule has 16 heavy (non-hydrogen) atoms. The summed E-state index contributed by atoms with van der Waals surface area (Å²) in [5, 5.41) is 9.59. The van der Waals surface area contributed by atoms with Crippen LogP contribution in [0.25, 0.3) is 0 Å². The summed E-state index contributed by atoms with van der Waals surface area (Å²) >= 11 is 0. The summed E-state index contributed by atoms with van der Waals surface area (Å²) in [6.45, 7) is 4.83. The van der Waals surface area contributed by atoms with Gasteiger partial charge in [0.05, 0.1) is 6.54 Å². The Bertz CT molecular complexity index is 234. The molecule has 0 saturated carbocycles. The van der Waals surface area contributed by atoms with Gasteiger partial charge in [-0.2, -0.15) is 0 Å². The number of amides is 1. The maximum absolute atomic E-state index is 11.2. The van der Waals surface area contributed by atoms with Crippen LogP contribution >= 0.6 is 0 Å². The number of carbonyl (C=O) groups is 1. The average molecular weight is 226 g/mol. The van der Waals surface area contributed by atoms with Crippen LogP contribution in [0, 0.1) is 0 Å². The van der Waals surface area contributed by atoms with E-state index in [9.17, 15) is 4.79 Å². The van der Waals surface area contributed by atoms with Crippen molar-refractivity contribution in [1.82, 2.24) is 20.9 Å². The van der Waals surface area contributed by atoms with Gasteiger partial charge in [-0.1, -0.05) is 0 Å². The van der Waals surface area contributed by atoms with Gasteiger partial charge in [-0.15, -0.1) is 0 Å². The van der Waals surface area contributed by atoms with Gasteiger partial charge in [0, 0.05) is 45.3 Å². The van der Waals surface area contributed by atoms with E-state index in [0.29, 0.717) is 18.6 Å². The first-order valence-corrected chi connectivity index (χ1v) is 6.17. The molecule has 5 heteroatoms. The van der Waals surface area contributed by atoms with Crippen LogP contribution in [0.1, 0.15) is 12.8 Å². The minimum absolute atomic E-state index is 0.120. The van der Waals surface area contributed by atoms with Crippen molar-refractivity contribution in [2.75, 3.05) is 39.8 Å². The van der Waals surface area contributed by atoms with Crippen molar-refractivity contribution in [1.29, 1.82) is 0 Å². The van der Waals surface area contributed by atoms with Crippen molar-refractivity contribution in [2.24, 2.45) is 0 Å². The van der Waals surface area contributed by atoms with Crippen LogP contribution in [0.2, 0.25) is 0 Å². The zero-order chi connectivity index (χ0) is 11.4. The molecule has 3 N–H and O–H groups in total. The molecule has 0 atom stereocenters. The Labute approximate surface area is 96.9 Å². The normalized spacial score (nSPS) is 24.1. The van der Waals surface area contributed by atoms with Gasteiger partial charge in [-0.3, -0.25) is 9.69 Å².